The second-order valence-electron chi connectivity index (χ2n) is 11.3. The van der Waals surface area contributed by atoms with Gasteiger partial charge in [0.05, 0.1) is 5.54 Å². The highest BCUT2D eigenvalue weighted by Gasteiger charge is 2.60. The van der Waals surface area contributed by atoms with Gasteiger partial charge in [-0.25, -0.2) is 0 Å². The fourth-order valence-corrected chi connectivity index (χ4v) is 7.20. The molecule has 0 bridgehead atoms. The Morgan fingerprint density at radius 1 is 0.706 bits per heavy atom. The van der Waals surface area contributed by atoms with Crippen LogP contribution in [0.4, 0.5) is 11.4 Å². The summed E-state index contributed by atoms with van der Waals surface area (Å²) >= 11 is 0. The van der Waals surface area contributed by atoms with Crippen LogP contribution in [-0.2, 0) is 6.42 Å². The van der Waals surface area contributed by atoms with E-state index in [1.807, 2.05) is 0 Å². The van der Waals surface area contributed by atoms with Crippen molar-refractivity contribution < 1.29 is 0 Å². The zero-order valence-electron chi connectivity index (χ0n) is 20.3. The first-order valence-corrected chi connectivity index (χ1v) is 12.7. The summed E-state index contributed by atoms with van der Waals surface area (Å²) in [5.41, 5.74) is 12.9. The highest BCUT2D eigenvalue weighted by Crippen LogP contribution is 2.65. The third kappa shape index (κ3) is 2.56. The summed E-state index contributed by atoms with van der Waals surface area (Å²) in [7, 11) is 0. The molecule has 1 heteroatoms. The van der Waals surface area contributed by atoms with E-state index in [0.29, 0.717) is 5.92 Å². The van der Waals surface area contributed by atoms with Crippen LogP contribution in [0.2, 0.25) is 0 Å². The maximum Gasteiger partial charge on any atom is 0.0543 e. The van der Waals surface area contributed by atoms with Crippen molar-refractivity contribution in [3.8, 4) is 22.3 Å². The quantitative estimate of drug-likeness (QED) is 0.265. The van der Waals surface area contributed by atoms with Crippen LogP contribution in [-0.4, -0.2) is 5.54 Å². The van der Waals surface area contributed by atoms with Gasteiger partial charge in [0.1, 0.15) is 0 Å². The van der Waals surface area contributed by atoms with E-state index in [1.54, 1.807) is 0 Å². The van der Waals surface area contributed by atoms with Crippen LogP contribution in [0.3, 0.4) is 0 Å². The Hall–Kier alpha value is -3.32. The van der Waals surface area contributed by atoms with E-state index in [2.05, 4.69) is 117 Å². The Balaban J connectivity index is 1.35. The lowest BCUT2D eigenvalue weighted by molar-refractivity contribution is 0.222. The number of rotatable bonds is 2. The maximum atomic E-state index is 2.66. The van der Waals surface area contributed by atoms with Crippen molar-refractivity contribution in [1.82, 2.24) is 0 Å². The van der Waals surface area contributed by atoms with Crippen molar-refractivity contribution in [2.75, 3.05) is 4.90 Å². The molecule has 0 spiro atoms. The third-order valence-corrected chi connectivity index (χ3v) is 9.36. The Bertz CT molecular complexity index is 1430. The number of para-hydroxylation sites is 1. The Kier molecular flexibility index (Phi) is 4.05. The summed E-state index contributed by atoms with van der Waals surface area (Å²) in [6, 6.07) is 34.2. The van der Waals surface area contributed by atoms with E-state index in [4.69, 9.17) is 0 Å². The molecule has 2 atom stereocenters. The molecule has 0 saturated heterocycles. The van der Waals surface area contributed by atoms with E-state index in [0.717, 1.165) is 6.42 Å². The average Bonchev–Trinajstić information content (AvgIpc) is 3.43. The van der Waals surface area contributed by atoms with Gasteiger partial charge in [-0.3, -0.25) is 0 Å². The topological polar surface area (TPSA) is 3.24 Å². The van der Waals surface area contributed by atoms with E-state index in [9.17, 15) is 0 Å². The highest BCUT2D eigenvalue weighted by atomic mass is 15.3. The molecule has 0 amide bonds. The molecule has 4 aromatic carbocycles. The van der Waals surface area contributed by atoms with Crippen molar-refractivity contribution in [3.63, 3.8) is 0 Å². The molecular weight excluding hydrogens is 410 g/mol. The van der Waals surface area contributed by atoms with Gasteiger partial charge in [0.15, 0.2) is 0 Å². The smallest absolute Gasteiger partial charge is 0.0543 e. The zero-order valence-corrected chi connectivity index (χ0v) is 20.3. The average molecular weight is 442 g/mol. The predicted molar refractivity (Wildman–Crippen MR) is 143 cm³/mol. The third-order valence-electron chi connectivity index (χ3n) is 9.36. The van der Waals surface area contributed by atoms with Crippen LogP contribution in [0.1, 0.15) is 56.2 Å². The van der Waals surface area contributed by atoms with Crippen molar-refractivity contribution in [3.05, 3.63) is 108 Å². The molecule has 2 unspecified atom stereocenters. The van der Waals surface area contributed by atoms with Crippen LogP contribution in [0.15, 0.2) is 91.0 Å². The molecule has 4 aromatic rings. The lowest BCUT2D eigenvalue weighted by Crippen LogP contribution is -2.50. The van der Waals surface area contributed by atoms with Crippen molar-refractivity contribution in [2.24, 2.45) is 5.41 Å². The van der Waals surface area contributed by atoms with Crippen molar-refractivity contribution in [2.45, 2.75) is 51.5 Å². The minimum Gasteiger partial charge on any atom is -0.334 e. The molecule has 168 valence electrons. The van der Waals surface area contributed by atoms with Gasteiger partial charge in [-0.2, -0.15) is 0 Å². The number of hydrogen-bond donors (Lipinski definition) is 0. The van der Waals surface area contributed by atoms with Gasteiger partial charge in [0.2, 0.25) is 0 Å². The molecule has 2 aliphatic carbocycles. The monoisotopic (exact) mass is 441 g/mol. The standard InChI is InChI=1S/C33H31N/c1-32(2)18-17-30-29-21-23(14-16-31(29)34(33(30,32)3)26-10-5-4-6-11-26)22-13-15-28-25(19-22)20-24-9-7-8-12-27(24)28/h4-16,19,21,30H,17-18,20H2,1-3H3. The number of anilines is 2. The van der Waals surface area contributed by atoms with Gasteiger partial charge >= 0.3 is 0 Å². The molecular formula is C33H31N. The largest absolute Gasteiger partial charge is 0.334 e. The van der Waals surface area contributed by atoms with E-state index >= 15 is 0 Å². The molecule has 0 radical (unpaired) electrons. The van der Waals surface area contributed by atoms with E-state index in [1.165, 1.54) is 63.2 Å². The first-order valence-electron chi connectivity index (χ1n) is 12.7. The van der Waals surface area contributed by atoms with Crippen molar-refractivity contribution >= 4 is 11.4 Å². The fourth-order valence-electron chi connectivity index (χ4n) is 7.20. The van der Waals surface area contributed by atoms with Crippen LogP contribution in [0.5, 0.6) is 0 Å². The summed E-state index contributed by atoms with van der Waals surface area (Å²) in [5, 5.41) is 0. The van der Waals surface area contributed by atoms with E-state index in [-0.39, 0.29) is 11.0 Å². The molecule has 34 heavy (non-hydrogen) atoms. The van der Waals surface area contributed by atoms with Crippen LogP contribution in [0.25, 0.3) is 22.3 Å². The van der Waals surface area contributed by atoms with Gasteiger partial charge < -0.3 is 4.90 Å². The Morgan fingerprint density at radius 3 is 2.26 bits per heavy atom. The molecule has 3 aliphatic rings. The minimum atomic E-state index is 0.0783. The molecule has 1 nitrogen and oxygen atoms in total. The molecule has 1 aliphatic heterocycles. The molecule has 0 aromatic heterocycles. The van der Waals surface area contributed by atoms with Gasteiger partial charge in [-0.05, 0) is 94.8 Å². The molecule has 1 saturated carbocycles. The van der Waals surface area contributed by atoms with Crippen LogP contribution in [0, 0.1) is 5.41 Å². The Labute approximate surface area is 203 Å². The summed E-state index contributed by atoms with van der Waals surface area (Å²) in [6.07, 6.45) is 3.56. The van der Waals surface area contributed by atoms with Crippen LogP contribution >= 0.6 is 0 Å². The molecule has 0 N–H and O–H groups in total. The van der Waals surface area contributed by atoms with Gasteiger partial charge in [-0.15, -0.1) is 0 Å². The zero-order chi connectivity index (χ0) is 23.1. The number of fused-ring (bicyclic) bond motifs is 6. The predicted octanol–water partition coefficient (Wildman–Crippen LogP) is 8.74. The first kappa shape index (κ1) is 20.1. The maximum absolute atomic E-state index is 2.66. The summed E-state index contributed by atoms with van der Waals surface area (Å²) in [5.74, 6) is 0.552. The normalized spacial score (nSPS) is 23.4. The van der Waals surface area contributed by atoms with Crippen molar-refractivity contribution in [1.29, 1.82) is 0 Å². The molecule has 1 fully saturated rings. The second-order valence-corrected chi connectivity index (χ2v) is 11.3. The van der Waals surface area contributed by atoms with Crippen LogP contribution < -0.4 is 4.90 Å². The highest BCUT2D eigenvalue weighted by molar-refractivity contribution is 5.83. The summed E-state index contributed by atoms with van der Waals surface area (Å²) in [4.78, 5) is 2.66. The number of nitrogens with zero attached hydrogens (tertiary/aromatic N) is 1. The SMILES string of the molecule is CC1(C)CCC2c3cc(-c4ccc5c(c4)Cc4ccccc4-5)ccc3N(c3ccccc3)C21C. The molecule has 7 rings (SSSR count). The lowest BCUT2D eigenvalue weighted by atomic mass is 9.72. The summed E-state index contributed by atoms with van der Waals surface area (Å²) < 4.78 is 0. The number of benzene rings is 4. The first-order chi connectivity index (χ1) is 16.5. The molecule has 1 heterocycles. The lowest BCUT2D eigenvalue weighted by Gasteiger charge is -2.47. The number of hydrogen-bond acceptors (Lipinski definition) is 1. The van der Waals surface area contributed by atoms with E-state index < -0.39 is 0 Å². The summed E-state index contributed by atoms with van der Waals surface area (Å²) in [6.45, 7) is 7.44. The van der Waals surface area contributed by atoms with Gasteiger partial charge in [0.25, 0.3) is 0 Å². The Morgan fingerprint density at radius 2 is 1.41 bits per heavy atom. The second kappa shape index (κ2) is 6.85. The van der Waals surface area contributed by atoms with Gasteiger partial charge in [-0.1, -0.05) is 80.6 Å². The fraction of sp³-hybridized carbons (Fsp3) is 0.273. The minimum absolute atomic E-state index is 0.0783. The van der Waals surface area contributed by atoms with Gasteiger partial charge in [0, 0.05) is 17.3 Å².